The number of aromatic nitrogens is 1. The molecule has 3 aromatic rings. The minimum absolute atomic E-state index is 0.0291. The number of nitrogens with zero attached hydrogens (tertiary/aromatic N) is 3. The van der Waals surface area contributed by atoms with Gasteiger partial charge in [-0.3, -0.25) is 19.1 Å². The number of carbonyl (C=O) groups is 1. The highest BCUT2D eigenvalue weighted by molar-refractivity contribution is 7.16. The molecule has 0 spiro atoms. The lowest BCUT2D eigenvalue weighted by Crippen LogP contribution is -2.49. The molecule has 0 bridgehead atoms. The van der Waals surface area contributed by atoms with E-state index >= 15 is 0 Å². The Hall–Kier alpha value is -2.91. The van der Waals surface area contributed by atoms with Gasteiger partial charge in [0.05, 0.1) is 36.6 Å². The fourth-order valence-electron chi connectivity index (χ4n) is 5.09. The van der Waals surface area contributed by atoms with Gasteiger partial charge in [0.25, 0.3) is 0 Å². The molecule has 5 rings (SSSR count). The summed E-state index contributed by atoms with van der Waals surface area (Å²) < 4.78 is 13.3. The summed E-state index contributed by atoms with van der Waals surface area (Å²) >= 11 is 7.32. The summed E-state index contributed by atoms with van der Waals surface area (Å²) in [6.07, 6.45) is 7.45. The van der Waals surface area contributed by atoms with Gasteiger partial charge in [-0.1, -0.05) is 53.3 Å². The summed E-state index contributed by atoms with van der Waals surface area (Å²) in [6, 6.07) is 13.3. The smallest absolute Gasteiger partial charge is 0.308 e. The van der Waals surface area contributed by atoms with Crippen molar-refractivity contribution in [2.24, 2.45) is 0 Å². The zero-order valence-corrected chi connectivity index (χ0v) is 23.2. The van der Waals surface area contributed by atoms with E-state index in [9.17, 15) is 9.59 Å². The van der Waals surface area contributed by atoms with Gasteiger partial charge in [-0.15, -0.1) is 0 Å². The third-order valence-electron chi connectivity index (χ3n) is 7.35. The van der Waals surface area contributed by atoms with Crippen molar-refractivity contribution in [2.75, 3.05) is 47.0 Å². The predicted octanol–water partition coefficient (Wildman–Crippen LogP) is 4.55. The van der Waals surface area contributed by atoms with Gasteiger partial charge in [0.15, 0.2) is 0 Å². The Balaban J connectivity index is 1.37. The first-order valence-electron chi connectivity index (χ1n) is 12.8. The van der Waals surface area contributed by atoms with Gasteiger partial charge >= 0.3 is 4.87 Å². The van der Waals surface area contributed by atoms with Gasteiger partial charge in [-0.05, 0) is 47.9 Å². The first kappa shape index (κ1) is 26.7. The van der Waals surface area contributed by atoms with E-state index in [1.54, 1.807) is 24.1 Å². The number of likely N-dealkylation sites (N-methyl/N-ethyl adjacent to an activating group) is 1. The molecule has 2 unspecified atom stereocenters. The fraction of sp³-hybridized carbons (Fsp3) is 0.379. The molecular formula is C29H32ClN3O4S. The second kappa shape index (κ2) is 11.9. The first-order chi connectivity index (χ1) is 18.4. The standard InChI is InChI=1S/C29H32ClN3O4S/c1-31(28(34)19-33-25-17-23(30)10-11-27(25)38-29(33)35)26(18-32-12-14-37-15-13-32)21-8-6-20(7-9-21)22-4-3-5-24(16-22)36-2/h3-6,8-11,16-17,20,26H,7,12-15,18-19H2,1-2H3. The molecule has 1 saturated heterocycles. The number of halogens is 1. The van der Waals surface area contributed by atoms with Crippen LogP contribution in [-0.2, 0) is 16.1 Å². The van der Waals surface area contributed by atoms with Crippen LogP contribution in [0.4, 0.5) is 0 Å². The van der Waals surface area contributed by atoms with Crippen LogP contribution < -0.4 is 9.61 Å². The molecule has 200 valence electrons. The Morgan fingerprint density at radius 3 is 2.79 bits per heavy atom. The normalized spacial score (nSPS) is 18.8. The van der Waals surface area contributed by atoms with Crippen molar-refractivity contribution < 1.29 is 14.3 Å². The number of methoxy groups -OCH3 is 1. The van der Waals surface area contributed by atoms with Gasteiger partial charge in [-0.25, -0.2) is 0 Å². The number of hydrogen-bond donors (Lipinski definition) is 0. The molecule has 1 aliphatic heterocycles. The molecule has 2 heterocycles. The molecule has 0 N–H and O–H groups in total. The Morgan fingerprint density at radius 2 is 2.05 bits per heavy atom. The first-order valence-corrected chi connectivity index (χ1v) is 14.0. The summed E-state index contributed by atoms with van der Waals surface area (Å²) in [6.45, 7) is 3.71. The molecule has 9 heteroatoms. The molecule has 38 heavy (non-hydrogen) atoms. The predicted molar refractivity (Wildman–Crippen MR) is 152 cm³/mol. The number of thiazole rings is 1. The van der Waals surface area contributed by atoms with Crippen LogP contribution in [0.5, 0.6) is 5.75 Å². The largest absolute Gasteiger partial charge is 0.497 e. The van der Waals surface area contributed by atoms with Crippen LogP contribution in [0.3, 0.4) is 0 Å². The van der Waals surface area contributed by atoms with Gasteiger partial charge in [0, 0.05) is 37.6 Å². The van der Waals surface area contributed by atoms with Crippen LogP contribution in [-0.4, -0.2) is 73.3 Å². The number of morpholine rings is 1. The highest BCUT2D eigenvalue weighted by Gasteiger charge is 2.28. The molecule has 2 aliphatic rings. The van der Waals surface area contributed by atoms with E-state index in [0.717, 1.165) is 46.9 Å². The van der Waals surface area contributed by atoms with E-state index in [-0.39, 0.29) is 29.3 Å². The van der Waals surface area contributed by atoms with Crippen molar-refractivity contribution in [2.45, 2.75) is 24.9 Å². The lowest BCUT2D eigenvalue weighted by Gasteiger charge is -2.36. The van der Waals surface area contributed by atoms with Crippen LogP contribution in [0.1, 0.15) is 17.9 Å². The number of amides is 1. The Labute approximate surface area is 231 Å². The Kier molecular flexibility index (Phi) is 8.33. The van der Waals surface area contributed by atoms with Gasteiger partial charge in [-0.2, -0.15) is 0 Å². The Bertz CT molecular complexity index is 1420. The van der Waals surface area contributed by atoms with Gasteiger partial charge in [0.1, 0.15) is 12.3 Å². The lowest BCUT2D eigenvalue weighted by atomic mass is 9.87. The molecule has 7 nitrogen and oxygen atoms in total. The van der Waals surface area contributed by atoms with Crippen molar-refractivity contribution in [3.8, 4) is 5.75 Å². The number of hydrogen-bond acceptors (Lipinski definition) is 6. The highest BCUT2D eigenvalue weighted by Crippen LogP contribution is 2.31. The number of benzene rings is 2. The molecule has 0 radical (unpaired) electrons. The summed E-state index contributed by atoms with van der Waals surface area (Å²) in [7, 11) is 3.52. The van der Waals surface area contributed by atoms with E-state index in [1.807, 2.05) is 25.2 Å². The lowest BCUT2D eigenvalue weighted by molar-refractivity contribution is -0.132. The maximum absolute atomic E-state index is 13.6. The summed E-state index contributed by atoms with van der Waals surface area (Å²) in [5, 5.41) is 0.540. The number of allylic oxidation sites excluding steroid dienone is 2. The monoisotopic (exact) mass is 553 g/mol. The second-order valence-electron chi connectivity index (χ2n) is 9.68. The number of ether oxygens (including phenoxy) is 2. The summed E-state index contributed by atoms with van der Waals surface area (Å²) in [5.74, 6) is 0.979. The molecule has 2 aromatic carbocycles. The van der Waals surface area contributed by atoms with Gasteiger partial charge < -0.3 is 14.4 Å². The highest BCUT2D eigenvalue weighted by atomic mass is 35.5. The minimum Gasteiger partial charge on any atom is -0.497 e. The molecule has 2 atom stereocenters. The van der Waals surface area contributed by atoms with Crippen molar-refractivity contribution >= 4 is 39.1 Å². The maximum Gasteiger partial charge on any atom is 0.308 e. The Morgan fingerprint density at radius 1 is 1.24 bits per heavy atom. The van der Waals surface area contributed by atoms with E-state index in [4.69, 9.17) is 21.1 Å². The number of fused-ring (bicyclic) bond motifs is 1. The summed E-state index contributed by atoms with van der Waals surface area (Å²) in [5.41, 5.74) is 3.00. The average molecular weight is 554 g/mol. The average Bonchev–Trinajstić information content (AvgIpc) is 3.25. The number of carbonyl (C=O) groups excluding carboxylic acids is 1. The molecule has 1 aliphatic carbocycles. The third-order valence-corrected chi connectivity index (χ3v) is 8.55. The zero-order valence-electron chi connectivity index (χ0n) is 21.6. The van der Waals surface area contributed by atoms with Crippen molar-refractivity contribution in [3.63, 3.8) is 0 Å². The van der Waals surface area contributed by atoms with Crippen LogP contribution >= 0.6 is 22.9 Å². The molecule has 0 saturated carbocycles. The van der Waals surface area contributed by atoms with Crippen LogP contribution in [0.2, 0.25) is 5.02 Å². The molecule has 1 amide bonds. The van der Waals surface area contributed by atoms with Crippen molar-refractivity contribution in [1.29, 1.82) is 0 Å². The minimum atomic E-state index is -0.161. The maximum atomic E-state index is 13.6. The second-order valence-corrected chi connectivity index (χ2v) is 11.1. The third kappa shape index (κ3) is 5.89. The topological polar surface area (TPSA) is 64.0 Å². The summed E-state index contributed by atoms with van der Waals surface area (Å²) in [4.78, 5) is 30.3. The van der Waals surface area contributed by atoms with E-state index < -0.39 is 0 Å². The molecule has 1 aromatic heterocycles. The van der Waals surface area contributed by atoms with E-state index in [2.05, 4.69) is 35.3 Å². The SMILES string of the molecule is COc1cccc(C2C=CC(C(CN3CCOCC3)N(C)C(=O)Cn3c(=O)sc4ccc(Cl)cc43)=CC2)c1. The van der Waals surface area contributed by atoms with Crippen LogP contribution in [0.25, 0.3) is 10.2 Å². The van der Waals surface area contributed by atoms with Crippen LogP contribution in [0, 0.1) is 0 Å². The van der Waals surface area contributed by atoms with Crippen molar-refractivity contribution in [3.05, 3.63) is 86.5 Å². The fourth-order valence-corrected chi connectivity index (χ4v) is 6.13. The van der Waals surface area contributed by atoms with Crippen molar-refractivity contribution in [1.82, 2.24) is 14.4 Å². The van der Waals surface area contributed by atoms with E-state index in [1.165, 1.54) is 10.1 Å². The number of rotatable bonds is 8. The van der Waals surface area contributed by atoms with E-state index in [0.29, 0.717) is 30.3 Å². The quantitative estimate of drug-likeness (QED) is 0.409. The van der Waals surface area contributed by atoms with Crippen LogP contribution in [0.15, 0.2) is 71.1 Å². The zero-order chi connectivity index (χ0) is 26.6. The molecule has 1 fully saturated rings. The molecular weight excluding hydrogens is 522 g/mol. The van der Waals surface area contributed by atoms with Gasteiger partial charge in [0.2, 0.25) is 5.91 Å².